The third-order valence-electron chi connectivity index (χ3n) is 5.16. The van der Waals surface area contributed by atoms with E-state index in [4.69, 9.17) is 0 Å². The molecule has 2 saturated heterocycles. The predicted octanol–water partition coefficient (Wildman–Crippen LogP) is 2.60. The van der Waals surface area contributed by atoms with Gasteiger partial charge in [-0.15, -0.1) is 0 Å². The summed E-state index contributed by atoms with van der Waals surface area (Å²) >= 11 is 0. The van der Waals surface area contributed by atoms with Gasteiger partial charge < -0.3 is 0 Å². The van der Waals surface area contributed by atoms with E-state index in [1.165, 1.54) is 57.4 Å². The smallest absolute Gasteiger partial charge is 0.178 e. The lowest BCUT2D eigenvalue weighted by molar-refractivity contribution is 0.161. The summed E-state index contributed by atoms with van der Waals surface area (Å²) in [4.78, 5) is 18.5. The third kappa shape index (κ3) is 3.62. The van der Waals surface area contributed by atoms with Crippen LogP contribution in [0, 0.1) is 0 Å². The van der Waals surface area contributed by atoms with Crippen LogP contribution < -0.4 is 0 Å². The Bertz CT molecular complexity index is 637. The number of hydrogen-bond donors (Lipinski definition) is 0. The molecule has 2 aromatic heterocycles. The first-order chi connectivity index (χ1) is 11.9. The zero-order valence-corrected chi connectivity index (χ0v) is 14.1. The molecule has 24 heavy (non-hydrogen) atoms. The molecule has 0 unspecified atom stereocenters. The summed E-state index contributed by atoms with van der Waals surface area (Å²) in [7, 11) is 0. The van der Waals surface area contributed by atoms with Crippen molar-refractivity contribution in [1.82, 2.24) is 24.8 Å². The number of likely N-dealkylation sites (tertiary alicyclic amines) is 2. The van der Waals surface area contributed by atoms with Crippen molar-refractivity contribution in [2.24, 2.45) is 0 Å². The van der Waals surface area contributed by atoms with E-state index in [9.17, 15) is 0 Å². The lowest BCUT2D eigenvalue weighted by Gasteiger charge is -2.32. The monoisotopic (exact) mass is 323 g/mol. The van der Waals surface area contributed by atoms with Crippen molar-refractivity contribution in [3.05, 3.63) is 42.4 Å². The van der Waals surface area contributed by atoms with E-state index in [1.54, 1.807) is 6.20 Å². The molecule has 0 aliphatic carbocycles. The molecule has 5 heteroatoms. The van der Waals surface area contributed by atoms with Crippen molar-refractivity contribution in [3.63, 3.8) is 0 Å². The molecular formula is C19H25N5. The number of piperidine rings is 1. The molecule has 0 aromatic carbocycles. The van der Waals surface area contributed by atoms with Gasteiger partial charge in [-0.05, 0) is 44.5 Å². The molecule has 0 amide bonds. The maximum Gasteiger partial charge on any atom is 0.178 e. The average molecular weight is 323 g/mol. The second-order valence-corrected chi connectivity index (χ2v) is 6.90. The Morgan fingerprint density at radius 2 is 1.79 bits per heavy atom. The Kier molecular flexibility index (Phi) is 4.81. The highest BCUT2D eigenvalue weighted by molar-refractivity contribution is 5.47. The Morgan fingerprint density at radius 1 is 0.958 bits per heavy atom. The maximum absolute atomic E-state index is 4.49. The summed E-state index contributed by atoms with van der Waals surface area (Å²) in [6.07, 6.45) is 11.1. The number of aromatic nitrogens is 3. The molecule has 0 N–H and O–H groups in total. The molecule has 0 saturated carbocycles. The summed E-state index contributed by atoms with van der Waals surface area (Å²) in [5.74, 6) is 0.701. The van der Waals surface area contributed by atoms with E-state index in [1.807, 2.05) is 30.6 Å². The molecular weight excluding hydrogens is 298 g/mol. The zero-order chi connectivity index (χ0) is 16.2. The van der Waals surface area contributed by atoms with Gasteiger partial charge in [-0.3, -0.25) is 14.8 Å². The first-order valence-corrected chi connectivity index (χ1v) is 9.07. The topological polar surface area (TPSA) is 45.2 Å². The molecule has 2 fully saturated rings. The van der Waals surface area contributed by atoms with Crippen LogP contribution in [0.4, 0.5) is 0 Å². The van der Waals surface area contributed by atoms with E-state index in [0.29, 0.717) is 5.82 Å². The number of nitrogens with zero attached hydrogens (tertiary/aromatic N) is 5. The highest BCUT2D eigenvalue weighted by Crippen LogP contribution is 2.21. The second kappa shape index (κ2) is 7.36. The van der Waals surface area contributed by atoms with Crippen LogP contribution in [0.1, 0.15) is 31.2 Å². The summed E-state index contributed by atoms with van der Waals surface area (Å²) in [5, 5.41) is 0. The molecule has 1 atom stereocenters. The zero-order valence-electron chi connectivity index (χ0n) is 14.1. The third-order valence-corrected chi connectivity index (χ3v) is 5.16. The first kappa shape index (κ1) is 15.7. The van der Waals surface area contributed by atoms with Gasteiger partial charge in [0.2, 0.25) is 0 Å². The Hall–Kier alpha value is -1.85. The van der Waals surface area contributed by atoms with Gasteiger partial charge in [0, 0.05) is 49.8 Å². The van der Waals surface area contributed by atoms with E-state index in [0.717, 1.165) is 18.3 Å². The van der Waals surface area contributed by atoms with Crippen molar-refractivity contribution in [2.75, 3.05) is 26.2 Å². The van der Waals surface area contributed by atoms with Crippen LogP contribution in [0.3, 0.4) is 0 Å². The SMILES string of the molecule is c1ccc(-c2ncc(CN3CC[C@@H](N4CCCCC4)C3)cn2)nc1. The van der Waals surface area contributed by atoms with Crippen molar-refractivity contribution in [3.8, 4) is 11.5 Å². The Labute approximate surface area is 143 Å². The number of rotatable bonds is 4. The molecule has 0 bridgehead atoms. The van der Waals surface area contributed by atoms with Crippen LogP contribution in [-0.2, 0) is 6.54 Å². The highest BCUT2D eigenvalue weighted by Gasteiger charge is 2.28. The fraction of sp³-hybridized carbons (Fsp3) is 0.526. The normalized spacial score (nSPS) is 22.8. The summed E-state index contributed by atoms with van der Waals surface area (Å²) in [6, 6.07) is 6.56. The molecule has 126 valence electrons. The minimum Gasteiger partial charge on any atom is -0.299 e. The number of pyridine rings is 1. The van der Waals surface area contributed by atoms with Gasteiger partial charge in [-0.1, -0.05) is 12.5 Å². The van der Waals surface area contributed by atoms with Crippen LogP contribution in [0.2, 0.25) is 0 Å². The Balaban J connectivity index is 1.34. The molecule has 0 spiro atoms. The minimum atomic E-state index is 0.701. The molecule has 4 rings (SSSR count). The summed E-state index contributed by atoms with van der Waals surface area (Å²) in [6.45, 7) is 5.90. The Morgan fingerprint density at radius 3 is 2.54 bits per heavy atom. The fourth-order valence-electron chi connectivity index (χ4n) is 3.86. The van der Waals surface area contributed by atoms with Crippen molar-refractivity contribution >= 4 is 0 Å². The van der Waals surface area contributed by atoms with Crippen LogP contribution in [0.25, 0.3) is 11.5 Å². The predicted molar refractivity (Wildman–Crippen MR) is 94.4 cm³/mol. The van der Waals surface area contributed by atoms with Gasteiger partial charge in [-0.25, -0.2) is 9.97 Å². The van der Waals surface area contributed by atoms with E-state index < -0.39 is 0 Å². The van der Waals surface area contributed by atoms with Gasteiger partial charge in [0.15, 0.2) is 5.82 Å². The molecule has 0 radical (unpaired) electrons. The fourth-order valence-corrected chi connectivity index (χ4v) is 3.86. The van der Waals surface area contributed by atoms with E-state index in [-0.39, 0.29) is 0 Å². The van der Waals surface area contributed by atoms with E-state index >= 15 is 0 Å². The lowest BCUT2D eigenvalue weighted by Crippen LogP contribution is -2.40. The quantitative estimate of drug-likeness (QED) is 0.865. The molecule has 4 heterocycles. The van der Waals surface area contributed by atoms with Gasteiger partial charge in [0.25, 0.3) is 0 Å². The molecule has 2 aliphatic rings. The van der Waals surface area contributed by atoms with Gasteiger partial charge in [0.1, 0.15) is 5.69 Å². The van der Waals surface area contributed by atoms with Crippen molar-refractivity contribution in [2.45, 2.75) is 38.3 Å². The van der Waals surface area contributed by atoms with Crippen LogP contribution in [0.5, 0.6) is 0 Å². The van der Waals surface area contributed by atoms with Crippen molar-refractivity contribution in [1.29, 1.82) is 0 Å². The highest BCUT2D eigenvalue weighted by atomic mass is 15.3. The van der Waals surface area contributed by atoms with Gasteiger partial charge >= 0.3 is 0 Å². The summed E-state index contributed by atoms with van der Waals surface area (Å²) < 4.78 is 0. The average Bonchev–Trinajstić information content (AvgIpc) is 3.12. The molecule has 5 nitrogen and oxygen atoms in total. The minimum absolute atomic E-state index is 0.701. The van der Waals surface area contributed by atoms with E-state index in [2.05, 4.69) is 24.8 Å². The number of hydrogen-bond acceptors (Lipinski definition) is 5. The molecule has 2 aromatic rings. The van der Waals surface area contributed by atoms with Crippen molar-refractivity contribution < 1.29 is 0 Å². The van der Waals surface area contributed by atoms with Crippen LogP contribution >= 0.6 is 0 Å². The standard InChI is InChI=1S/C19H25N5/c1-4-9-24(10-5-1)17-7-11-23(15-17)14-16-12-21-19(22-13-16)18-6-2-3-8-20-18/h2-3,6,8,12-13,17H,1,4-5,7,9-11,14-15H2/t17-/m1/s1. The maximum atomic E-state index is 4.49. The molecule has 2 aliphatic heterocycles. The summed E-state index contributed by atoms with van der Waals surface area (Å²) in [5.41, 5.74) is 2.02. The first-order valence-electron chi connectivity index (χ1n) is 9.07. The second-order valence-electron chi connectivity index (χ2n) is 6.90. The lowest BCUT2D eigenvalue weighted by atomic mass is 10.1. The van der Waals surface area contributed by atoms with Gasteiger partial charge in [-0.2, -0.15) is 0 Å². The largest absolute Gasteiger partial charge is 0.299 e. The van der Waals surface area contributed by atoms with Gasteiger partial charge in [0.05, 0.1) is 0 Å². The van der Waals surface area contributed by atoms with Crippen LogP contribution in [0.15, 0.2) is 36.8 Å². The van der Waals surface area contributed by atoms with Crippen LogP contribution in [-0.4, -0.2) is 57.0 Å².